The number of likely N-dealkylation sites (tertiary alicyclic amines) is 1. The third-order valence-corrected chi connectivity index (χ3v) is 4.46. The molecule has 90 valence electrons. The van der Waals surface area contributed by atoms with Crippen molar-refractivity contribution >= 4 is 28.1 Å². The van der Waals surface area contributed by atoms with Crippen molar-refractivity contribution in [1.82, 2.24) is 9.88 Å². The van der Waals surface area contributed by atoms with Crippen molar-refractivity contribution in [1.29, 1.82) is 0 Å². The number of aromatic nitrogens is 1. The second kappa shape index (κ2) is 4.90. The Labute approximate surface area is 106 Å². The van der Waals surface area contributed by atoms with Crippen LogP contribution in [0.3, 0.4) is 0 Å². The van der Waals surface area contributed by atoms with Gasteiger partial charge in [-0.3, -0.25) is 0 Å². The molecule has 0 saturated carbocycles. The highest BCUT2D eigenvalue weighted by atomic mass is 35.5. The Morgan fingerprint density at radius 1 is 1.56 bits per heavy atom. The normalized spacial score (nSPS) is 20.9. The maximum Gasteiger partial charge on any atom is 0.184 e. The quantitative estimate of drug-likeness (QED) is 0.905. The largest absolute Gasteiger partial charge is 0.361 e. The molecule has 3 nitrogen and oxygen atoms in total. The summed E-state index contributed by atoms with van der Waals surface area (Å²) in [6.07, 6.45) is 2.49. The van der Waals surface area contributed by atoms with E-state index in [9.17, 15) is 0 Å². The number of hydrogen-bond donors (Lipinski definition) is 1. The van der Waals surface area contributed by atoms with Gasteiger partial charge < -0.3 is 10.2 Å². The third-order valence-electron chi connectivity index (χ3n) is 3.34. The monoisotopic (exact) mass is 259 g/mol. The summed E-state index contributed by atoms with van der Waals surface area (Å²) in [5.74, 6) is 0. The van der Waals surface area contributed by atoms with Gasteiger partial charge in [0.1, 0.15) is 5.15 Å². The van der Waals surface area contributed by atoms with Gasteiger partial charge in [-0.1, -0.05) is 18.5 Å². The molecular formula is C11H18ClN3S. The Balaban J connectivity index is 1.85. The average Bonchev–Trinajstić information content (AvgIpc) is 2.67. The first-order valence-electron chi connectivity index (χ1n) is 5.61. The van der Waals surface area contributed by atoms with Crippen molar-refractivity contribution in [2.45, 2.75) is 19.8 Å². The molecule has 16 heavy (non-hydrogen) atoms. The van der Waals surface area contributed by atoms with Crippen LogP contribution in [-0.2, 0) is 0 Å². The van der Waals surface area contributed by atoms with Crippen molar-refractivity contribution in [3.8, 4) is 0 Å². The summed E-state index contributed by atoms with van der Waals surface area (Å²) in [4.78, 5) is 6.59. The average molecular weight is 260 g/mol. The summed E-state index contributed by atoms with van der Waals surface area (Å²) in [5, 5.41) is 6.78. The van der Waals surface area contributed by atoms with Crippen LogP contribution in [0.2, 0.25) is 5.15 Å². The molecule has 0 amide bonds. The van der Waals surface area contributed by atoms with Crippen LogP contribution in [0.15, 0.2) is 5.38 Å². The van der Waals surface area contributed by atoms with E-state index in [0.717, 1.165) is 11.7 Å². The van der Waals surface area contributed by atoms with Gasteiger partial charge in [0.25, 0.3) is 0 Å². The first kappa shape index (κ1) is 12.1. The summed E-state index contributed by atoms with van der Waals surface area (Å²) >= 11 is 7.36. The van der Waals surface area contributed by atoms with Gasteiger partial charge in [-0.25, -0.2) is 4.98 Å². The first-order valence-corrected chi connectivity index (χ1v) is 6.87. The number of rotatable bonds is 3. The van der Waals surface area contributed by atoms with Crippen LogP contribution in [0.25, 0.3) is 0 Å². The first-order chi connectivity index (χ1) is 7.57. The maximum absolute atomic E-state index is 5.79. The van der Waals surface area contributed by atoms with E-state index in [1.165, 1.54) is 25.9 Å². The minimum Gasteiger partial charge on any atom is -0.361 e. The predicted octanol–water partition coefficient (Wildman–Crippen LogP) is 2.94. The van der Waals surface area contributed by atoms with Gasteiger partial charge in [0.15, 0.2) is 5.13 Å². The summed E-state index contributed by atoms with van der Waals surface area (Å²) in [6.45, 7) is 5.72. The van der Waals surface area contributed by atoms with Crippen molar-refractivity contribution in [3.63, 3.8) is 0 Å². The standard InChI is InChI=1S/C11H18ClN3S/c1-11(3-5-15(2)6-4-11)8-13-10-14-9(12)7-16-10/h7H,3-6,8H2,1-2H3,(H,13,14). The minimum absolute atomic E-state index is 0.394. The van der Waals surface area contributed by atoms with Crippen LogP contribution in [0.1, 0.15) is 19.8 Å². The summed E-state index contributed by atoms with van der Waals surface area (Å²) in [7, 11) is 2.19. The zero-order chi connectivity index (χ0) is 11.6. The van der Waals surface area contributed by atoms with Gasteiger partial charge in [-0.2, -0.15) is 0 Å². The molecule has 1 aromatic heterocycles. The van der Waals surface area contributed by atoms with E-state index in [1.54, 1.807) is 11.3 Å². The highest BCUT2D eigenvalue weighted by Gasteiger charge is 2.28. The number of anilines is 1. The molecule has 1 aliphatic heterocycles. The molecule has 0 aromatic carbocycles. The molecule has 1 aromatic rings. The molecule has 5 heteroatoms. The minimum atomic E-state index is 0.394. The highest BCUT2D eigenvalue weighted by molar-refractivity contribution is 7.14. The lowest BCUT2D eigenvalue weighted by Crippen LogP contribution is -2.40. The second-order valence-corrected chi connectivity index (χ2v) is 6.19. The number of nitrogens with one attached hydrogen (secondary N) is 1. The maximum atomic E-state index is 5.79. The Morgan fingerprint density at radius 3 is 2.81 bits per heavy atom. The van der Waals surface area contributed by atoms with Gasteiger partial charge in [0.05, 0.1) is 0 Å². The third kappa shape index (κ3) is 3.09. The van der Waals surface area contributed by atoms with Gasteiger partial charge in [-0.15, -0.1) is 11.3 Å². The molecule has 0 spiro atoms. The lowest BCUT2D eigenvalue weighted by Gasteiger charge is -2.37. The summed E-state index contributed by atoms with van der Waals surface area (Å²) in [6, 6.07) is 0. The fourth-order valence-corrected chi connectivity index (χ4v) is 2.80. The lowest BCUT2D eigenvalue weighted by molar-refractivity contribution is 0.150. The Morgan fingerprint density at radius 2 is 2.25 bits per heavy atom. The predicted molar refractivity (Wildman–Crippen MR) is 70.5 cm³/mol. The molecule has 0 aliphatic carbocycles. The Kier molecular flexibility index (Phi) is 3.72. The zero-order valence-electron chi connectivity index (χ0n) is 9.79. The molecule has 1 fully saturated rings. The van der Waals surface area contributed by atoms with Gasteiger partial charge in [-0.05, 0) is 38.4 Å². The van der Waals surface area contributed by atoms with Gasteiger partial charge in [0, 0.05) is 11.9 Å². The second-order valence-electron chi connectivity index (χ2n) is 4.94. The van der Waals surface area contributed by atoms with E-state index < -0.39 is 0 Å². The lowest BCUT2D eigenvalue weighted by atomic mass is 9.80. The van der Waals surface area contributed by atoms with Crippen molar-refractivity contribution < 1.29 is 0 Å². The van der Waals surface area contributed by atoms with Crippen LogP contribution in [0, 0.1) is 5.41 Å². The van der Waals surface area contributed by atoms with E-state index in [1.807, 2.05) is 5.38 Å². The number of nitrogens with zero attached hydrogens (tertiary/aromatic N) is 2. The van der Waals surface area contributed by atoms with Gasteiger partial charge in [0.2, 0.25) is 0 Å². The van der Waals surface area contributed by atoms with Crippen molar-refractivity contribution in [2.75, 3.05) is 32.0 Å². The molecule has 0 unspecified atom stereocenters. The molecule has 1 saturated heterocycles. The SMILES string of the molecule is CN1CCC(C)(CNc2nc(Cl)cs2)CC1. The summed E-state index contributed by atoms with van der Waals surface area (Å²) < 4.78 is 0. The van der Waals surface area contributed by atoms with Crippen LogP contribution < -0.4 is 5.32 Å². The fourth-order valence-electron chi connectivity index (χ4n) is 1.96. The molecule has 0 atom stereocenters. The fraction of sp³-hybridized carbons (Fsp3) is 0.727. The number of thiazole rings is 1. The highest BCUT2D eigenvalue weighted by Crippen LogP contribution is 2.31. The number of halogens is 1. The van der Waals surface area contributed by atoms with Gasteiger partial charge >= 0.3 is 0 Å². The number of piperidine rings is 1. The zero-order valence-corrected chi connectivity index (χ0v) is 11.4. The van der Waals surface area contributed by atoms with Crippen LogP contribution in [-0.4, -0.2) is 36.6 Å². The topological polar surface area (TPSA) is 28.2 Å². The molecular weight excluding hydrogens is 242 g/mol. The molecule has 2 rings (SSSR count). The van der Waals surface area contributed by atoms with E-state index in [-0.39, 0.29) is 0 Å². The van der Waals surface area contributed by atoms with Crippen molar-refractivity contribution in [3.05, 3.63) is 10.5 Å². The van der Waals surface area contributed by atoms with E-state index in [0.29, 0.717) is 10.6 Å². The Hall–Kier alpha value is -0.320. The molecule has 1 N–H and O–H groups in total. The van der Waals surface area contributed by atoms with E-state index >= 15 is 0 Å². The van der Waals surface area contributed by atoms with E-state index in [2.05, 4.69) is 29.2 Å². The van der Waals surface area contributed by atoms with Crippen LogP contribution in [0.5, 0.6) is 0 Å². The summed E-state index contributed by atoms with van der Waals surface area (Å²) in [5.41, 5.74) is 0.394. The smallest absolute Gasteiger partial charge is 0.184 e. The van der Waals surface area contributed by atoms with E-state index in [4.69, 9.17) is 11.6 Å². The van der Waals surface area contributed by atoms with Crippen LogP contribution in [0.4, 0.5) is 5.13 Å². The Bertz CT molecular complexity index is 345. The van der Waals surface area contributed by atoms with Crippen LogP contribution >= 0.6 is 22.9 Å². The molecule has 0 radical (unpaired) electrons. The molecule has 2 heterocycles. The van der Waals surface area contributed by atoms with Crippen molar-refractivity contribution in [2.24, 2.45) is 5.41 Å². The molecule has 0 bridgehead atoms. The number of hydrogen-bond acceptors (Lipinski definition) is 4. The molecule has 1 aliphatic rings.